The Hall–Kier alpha value is -0.110. The molecular weight excluding hydrogens is 165 g/mol. The lowest BCUT2D eigenvalue weighted by molar-refractivity contribution is 0.178. The molecule has 0 aromatic heterocycles. The molecule has 2 heteroatoms. The van der Waals surface area contributed by atoms with Crippen LogP contribution < -0.4 is 0 Å². The molecule has 1 saturated heterocycles. The first-order valence-corrected chi connectivity index (χ1v) is 5.72. The van der Waals surface area contributed by atoms with Gasteiger partial charge >= 0.3 is 0 Å². The van der Waals surface area contributed by atoms with Crippen LogP contribution >= 0.6 is 0 Å². The SMILES string of the molecule is FCCN1CCCC1C1CCCC1. The van der Waals surface area contributed by atoms with E-state index in [0.29, 0.717) is 6.54 Å². The van der Waals surface area contributed by atoms with Crippen molar-refractivity contribution in [1.82, 2.24) is 4.90 Å². The van der Waals surface area contributed by atoms with Gasteiger partial charge in [-0.2, -0.15) is 0 Å². The minimum atomic E-state index is -0.163. The molecule has 2 fully saturated rings. The fourth-order valence-corrected chi connectivity index (χ4v) is 3.11. The lowest BCUT2D eigenvalue weighted by Gasteiger charge is -2.28. The molecule has 1 nitrogen and oxygen atoms in total. The normalized spacial score (nSPS) is 31.6. The van der Waals surface area contributed by atoms with Gasteiger partial charge in [-0.25, -0.2) is 4.39 Å². The van der Waals surface area contributed by atoms with Crippen molar-refractivity contribution in [3.63, 3.8) is 0 Å². The number of hydrogen-bond acceptors (Lipinski definition) is 1. The van der Waals surface area contributed by atoms with Crippen LogP contribution in [0.5, 0.6) is 0 Å². The number of rotatable bonds is 3. The molecule has 1 unspecified atom stereocenters. The second-order valence-corrected chi connectivity index (χ2v) is 4.48. The Morgan fingerprint density at radius 1 is 1.08 bits per heavy atom. The molecule has 0 radical (unpaired) electrons. The number of alkyl halides is 1. The van der Waals surface area contributed by atoms with Crippen molar-refractivity contribution in [2.45, 2.75) is 44.6 Å². The van der Waals surface area contributed by atoms with Crippen LogP contribution in [0, 0.1) is 5.92 Å². The fraction of sp³-hybridized carbons (Fsp3) is 1.00. The van der Waals surface area contributed by atoms with Crippen molar-refractivity contribution < 1.29 is 4.39 Å². The summed E-state index contributed by atoms with van der Waals surface area (Å²) in [5.74, 6) is 0.897. The van der Waals surface area contributed by atoms with Gasteiger partial charge in [0, 0.05) is 12.6 Å². The maximum Gasteiger partial charge on any atom is 0.102 e. The third kappa shape index (κ3) is 2.04. The minimum absolute atomic E-state index is 0.163. The molecule has 76 valence electrons. The second-order valence-electron chi connectivity index (χ2n) is 4.48. The third-order valence-electron chi connectivity index (χ3n) is 3.73. The van der Waals surface area contributed by atoms with Crippen LogP contribution in [0.3, 0.4) is 0 Å². The van der Waals surface area contributed by atoms with Gasteiger partial charge in [0.1, 0.15) is 6.67 Å². The van der Waals surface area contributed by atoms with Crippen molar-refractivity contribution in [2.75, 3.05) is 19.8 Å². The molecule has 0 aromatic rings. The number of nitrogens with zero attached hydrogens (tertiary/aromatic N) is 1. The highest BCUT2D eigenvalue weighted by Gasteiger charge is 2.32. The smallest absolute Gasteiger partial charge is 0.102 e. The van der Waals surface area contributed by atoms with Crippen LogP contribution in [0.2, 0.25) is 0 Å². The summed E-state index contributed by atoms with van der Waals surface area (Å²) in [5.41, 5.74) is 0. The molecule has 0 N–H and O–H groups in total. The quantitative estimate of drug-likeness (QED) is 0.653. The predicted octanol–water partition coefficient (Wildman–Crippen LogP) is 2.61. The zero-order chi connectivity index (χ0) is 9.10. The molecule has 1 saturated carbocycles. The summed E-state index contributed by atoms with van der Waals surface area (Å²) in [4.78, 5) is 2.38. The van der Waals surface area contributed by atoms with Crippen LogP contribution in [-0.4, -0.2) is 30.7 Å². The Labute approximate surface area is 80.3 Å². The summed E-state index contributed by atoms with van der Waals surface area (Å²) in [6.07, 6.45) is 8.22. The minimum Gasteiger partial charge on any atom is -0.298 e. The fourth-order valence-electron chi connectivity index (χ4n) is 3.11. The van der Waals surface area contributed by atoms with Crippen molar-refractivity contribution in [1.29, 1.82) is 0 Å². The highest BCUT2D eigenvalue weighted by molar-refractivity contribution is 4.87. The Balaban J connectivity index is 1.88. The van der Waals surface area contributed by atoms with Crippen molar-refractivity contribution in [3.8, 4) is 0 Å². The lowest BCUT2D eigenvalue weighted by atomic mass is 9.96. The van der Waals surface area contributed by atoms with E-state index in [1.807, 2.05) is 0 Å². The van der Waals surface area contributed by atoms with Crippen LogP contribution in [0.4, 0.5) is 4.39 Å². The van der Waals surface area contributed by atoms with Gasteiger partial charge < -0.3 is 0 Å². The van der Waals surface area contributed by atoms with Gasteiger partial charge in [-0.05, 0) is 38.1 Å². The molecular formula is C11H20FN. The molecule has 0 amide bonds. The molecule has 0 spiro atoms. The van der Waals surface area contributed by atoms with E-state index in [1.165, 1.54) is 38.5 Å². The number of halogens is 1. The summed E-state index contributed by atoms with van der Waals surface area (Å²) in [6, 6.07) is 0.734. The van der Waals surface area contributed by atoms with Crippen LogP contribution in [-0.2, 0) is 0 Å². The van der Waals surface area contributed by atoms with E-state index in [-0.39, 0.29) is 6.67 Å². The summed E-state index contributed by atoms with van der Waals surface area (Å²) >= 11 is 0. The van der Waals surface area contributed by atoms with Gasteiger partial charge in [-0.15, -0.1) is 0 Å². The van der Waals surface area contributed by atoms with Crippen molar-refractivity contribution >= 4 is 0 Å². The Bertz CT molecular complexity index is 154. The van der Waals surface area contributed by atoms with Gasteiger partial charge in [-0.3, -0.25) is 4.90 Å². The average molecular weight is 185 g/mol. The Morgan fingerprint density at radius 2 is 1.85 bits per heavy atom. The van der Waals surface area contributed by atoms with Gasteiger partial charge in [-0.1, -0.05) is 12.8 Å². The lowest BCUT2D eigenvalue weighted by Crippen LogP contribution is -2.36. The molecule has 1 aliphatic carbocycles. The topological polar surface area (TPSA) is 3.24 Å². The zero-order valence-corrected chi connectivity index (χ0v) is 8.34. The highest BCUT2D eigenvalue weighted by Crippen LogP contribution is 2.35. The summed E-state index contributed by atoms with van der Waals surface area (Å²) in [5, 5.41) is 0. The Kier molecular flexibility index (Phi) is 3.20. The highest BCUT2D eigenvalue weighted by atomic mass is 19.1. The van der Waals surface area contributed by atoms with E-state index in [4.69, 9.17) is 0 Å². The largest absolute Gasteiger partial charge is 0.298 e. The van der Waals surface area contributed by atoms with Crippen molar-refractivity contribution in [2.24, 2.45) is 5.92 Å². The molecule has 0 bridgehead atoms. The van der Waals surface area contributed by atoms with E-state index in [2.05, 4.69) is 4.90 Å². The molecule has 1 atom stereocenters. The first kappa shape index (κ1) is 9.45. The summed E-state index contributed by atoms with van der Waals surface area (Å²) in [6.45, 7) is 1.66. The second kappa shape index (κ2) is 4.41. The van der Waals surface area contributed by atoms with Crippen LogP contribution in [0.25, 0.3) is 0 Å². The third-order valence-corrected chi connectivity index (χ3v) is 3.73. The standard InChI is InChI=1S/C11H20FN/c12-7-9-13-8-3-6-11(13)10-4-1-2-5-10/h10-11H,1-9H2. The Morgan fingerprint density at radius 3 is 2.54 bits per heavy atom. The van der Waals surface area contributed by atoms with Gasteiger partial charge in [0.05, 0.1) is 0 Å². The molecule has 2 aliphatic rings. The van der Waals surface area contributed by atoms with Crippen LogP contribution in [0.15, 0.2) is 0 Å². The predicted molar refractivity (Wildman–Crippen MR) is 52.5 cm³/mol. The molecule has 2 rings (SSSR count). The average Bonchev–Trinajstić information content (AvgIpc) is 2.71. The van der Waals surface area contributed by atoms with E-state index in [1.54, 1.807) is 0 Å². The van der Waals surface area contributed by atoms with E-state index in [0.717, 1.165) is 18.5 Å². The maximum atomic E-state index is 12.3. The number of hydrogen-bond donors (Lipinski definition) is 0. The first-order chi connectivity index (χ1) is 6.42. The van der Waals surface area contributed by atoms with Gasteiger partial charge in [0.2, 0.25) is 0 Å². The molecule has 0 aromatic carbocycles. The van der Waals surface area contributed by atoms with Crippen molar-refractivity contribution in [3.05, 3.63) is 0 Å². The first-order valence-electron chi connectivity index (χ1n) is 5.72. The molecule has 1 heterocycles. The van der Waals surface area contributed by atoms with E-state index in [9.17, 15) is 4.39 Å². The van der Waals surface area contributed by atoms with E-state index >= 15 is 0 Å². The van der Waals surface area contributed by atoms with Crippen LogP contribution in [0.1, 0.15) is 38.5 Å². The van der Waals surface area contributed by atoms with E-state index < -0.39 is 0 Å². The molecule has 13 heavy (non-hydrogen) atoms. The maximum absolute atomic E-state index is 12.3. The monoisotopic (exact) mass is 185 g/mol. The van der Waals surface area contributed by atoms with Gasteiger partial charge in [0.25, 0.3) is 0 Å². The summed E-state index contributed by atoms with van der Waals surface area (Å²) in [7, 11) is 0. The van der Waals surface area contributed by atoms with Gasteiger partial charge in [0.15, 0.2) is 0 Å². The number of likely N-dealkylation sites (tertiary alicyclic amines) is 1. The zero-order valence-electron chi connectivity index (χ0n) is 8.34. The molecule has 1 aliphatic heterocycles. The summed E-state index contributed by atoms with van der Waals surface area (Å²) < 4.78 is 12.3.